The van der Waals surface area contributed by atoms with Gasteiger partial charge in [-0.15, -0.1) is 0 Å². The van der Waals surface area contributed by atoms with Crippen molar-refractivity contribution in [3.05, 3.63) is 101 Å². The van der Waals surface area contributed by atoms with E-state index in [-0.39, 0.29) is 10.2 Å². The number of nitrogens with zero attached hydrogens (tertiary/aromatic N) is 2. The Bertz CT molecular complexity index is 1150. The molecule has 2 aromatic carbocycles. The van der Waals surface area contributed by atoms with Crippen LogP contribution in [0.1, 0.15) is 21.5 Å². The smallest absolute Gasteiger partial charge is 0.285 e. The maximum atomic E-state index is 12.8. The molecule has 1 saturated heterocycles. The number of carbonyl (C=O) groups excluding carboxylic acids is 2. The van der Waals surface area contributed by atoms with Crippen molar-refractivity contribution in [2.45, 2.75) is 6.61 Å². The number of thiocarbonyl (C=S) groups is 1. The van der Waals surface area contributed by atoms with E-state index in [4.69, 9.17) is 17.0 Å². The van der Waals surface area contributed by atoms with Gasteiger partial charge < -0.3 is 4.74 Å². The molecular formula is C23H17N3O3S2. The van der Waals surface area contributed by atoms with Gasteiger partial charge in [-0.25, -0.2) is 0 Å². The molecule has 1 fully saturated rings. The van der Waals surface area contributed by atoms with Crippen LogP contribution >= 0.6 is 24.0 Å². The standard InChI is InChI=1S/C23H17N3O3S2/c27-21(18-9-11-24-12-10-18)25-26-22(28)20(31-23(26)30)14-17-7-4-8-19(13-17)29-15-16-5-2-1-3-6-16/h1-14H,15H2,(H,25,27)/b20-14-. The van der Waals surface area contributed by atoms with Crippen molar-refractivity contribution in [3.8, 4) is 5.75 Å². The number of pyridine rings is 1. The summed E-state index contributed by atoms with van der Waals surface area (Å²) >= 11 is 6.41. The number of hydrazine groups is 1. The zero-order chi connectivity index (χ0) is 21.6. The first-order valence-electron chi connectivity index (χ1n) is 9.36. The number of benzene rings is 2. The van der Waals surface area contributed by atoms with E-state index in [1.165, 1.54) is 12.4 Å². The minimum Gasteiger partial charge on any atom is -0.489 e. The summed E-state index contributed by atoms with van der Waals surface area (Å²) in [4.78, 5) is 29.4. The first-order valence-corrected chi connectivity index (χ1v) is 10.6. The molecule has 1 aliphatic rings. The van der Waals surface area contributed by atoms with E-state index < -0.39 is 5.91 Å². The molecule has 0 saturated carbocycles. The Morgan fingerprint density at radius 3 is 2.65 bits per heavy atom. The van der Waals surface area contributed by atoms with Crippen LogP contribution in [0.3, 0.4) is 0 Å². The predicted molar refractivity (Wildman–Crippen MR) is 124 cm³/mol. The van der Waals surface area contributed by atoms with Crippen LogP contribution in [0, 0.1) is 0 Å². The minimum absolute atomic E-state index is 0.259. The number of rotatable bonds is 6. The molecule has 0 atom stereocenters. The van der Waals surface area contributed by atoms with Crippen LogP contribution in [-0.2, 0) is 11.4 Å². The molecule has 1 aliphatic heterocycles. The topological polar surface area (TPSA) is 71.5 Å². The third kappa shape index (κ3) is 5.17. The molecule has 3 aromatic rings. The van der Waals surface area contributed by atoms with Gasteiger partial charge in [0.25, 0.3) is 11.8 Å². The second-order valence-corrected chi connectivity index (χ2v) is 8.22. The maximum Gasteiger partial charge on any atom is 0.285 e. The summed E-state index contributed by atoms with van der Waals surface area (Å²) in [5.41, 5.74) is 4.80. The fraction of sp³-hybridized carbons (Fsp3) is 0.0435. The number of carbonyl (C=O) groups is 2. The van der Waals surface area contributed by atoms with Gasteiger partial charge in [0.05, 0.1) is 4.91 Å². The van der Waals surface area contributed by atoms with Crippen molar-refractivity contribution in [3.63, 3.8) is 0 Å². The summed E-state index contributed by atoms with van der Waals surface area (Å²) in [5.74, 6) is -0.122. The molecule has 1 N–H and O–H groups in total. The van der Waals surface area contributed by atoms with E-state index in [1.807, 2.05) is 54.6 Å². The number of thioether (sulfide) groups is 1. The molecule has 2 amide bonds. The van der Waals surface area contributed by atoms with Gasteiger partial charge in [0.15, 0.2) is 4.32 Å². The molecule has 0 bridgehead atoms. The number of hydrogen-bond donors (Lipinski definition) is 1. The largest absolute Gasteiger partial charge is 0.489 e. The van der Waals surface area contributed by atoms with Crippen molar-refractivity contribution in [1.29, 1.82) is 0 Å². The maximum absolute atomic E-state index is 12.8. The first kappa shape index (κ1) is 20.8. The lowest BCUT2D eigenvalue weighted by atomic mass is 10.2. The Morgan fingerprint density at radius 2 is 1.87 bits per heavy atom. The summed E-state index contributed by atoms with van der Waals surface area (Å²) in [7, 11) is 0. The second-order valence-electron chi connectivity index (χ2n) is 6.54. The molecule has 0 aliphatic carbocycles. The highest BCUT2D eigenvalue weighted by Crippen LogP contribution is 2.32. The summed E-state index contributed by atoms with van der Waals surface area (Å²) in [6, 6.07) is 20.4. The van der Waals surface area contributed by atoms with Crippen LogP contribution in [0.5, 0.6) is 5.75 Å². The molecule has 154 valence electrons. The SMILES string of the molecule is O=C(NN1C(=O)/C(=C/c2cccc(OCc3ccccc3)c2)SC1=S)c1ccncc1. The average molecular weight is 448 g/mol. The Balaban J connectivity index is 1.44. The van der Waals surface area contributed by atoms with Crippen LogP contribution in [0.25, 0.3) is 6.08 Å². The van der Waals surface area contributed by atoms with E-state index in [1.54, 1.807) is 18.2 Å². The summed E-state index contributed by atoms with van der Waals surface area (Å²) < 4.78 is 6.11. The van der Waals surface area contributed by atoms with E-state index in [0.717, 1.165) is 27.9 Å². The fourth-order valence-electron chi connectivity index (χ4n) is 2.82. The number of ether oxygens (including phenoxy) is 1. The zero-order valence-electron chi connectivity index (χ0n) is 16.2. The Kier molecular flexibility index (Phi) is 6.40. The van der Waals surface area contributed by atoms with E-state index in [9.17, 15) is 9.59 Å². The summed E-state index contributed by atoms with van der Waals surface area (Å²) in [6.07, 6.45) is 4.74. The number of nitrogens with one attached hydrogen (secondary N) is 1. The highest BCUT2D eigenvalue weighted by Gasteiger charge is 2.33. The van der Waals surface area contributed by atoms with Crippen LogP contribution in [0.2, 0.25) is 0 Å². The van der Waals surface area contributed by atoms with Crippen molar-refractivity contribution >= 4 is 46.2 Å². The molecule has 0 unspecified atom stereocenters. The zero-order valence-corrected chi connectivity index (χ0v) is 17.9. The first-order chi connectivity index (χ1) is 15.1. The molecule has 1 aromatic heterocycles. The van der Waals surface area contributed by atoms with Gasteiger partial charge >= 0.3 is 0 Å². The Labute approximate surface area is 188 Å². The van der Waals surface area contributed by atoms with Gasteiger partial charge in [0.2, 0.25) is 0 Å². The van der Waals surface area contributed by atoms with Crippen LogP contribution in [-0.4, -0.2) is 26.1 Å². The highest BCUT2D eigenvalue weighted by atomic mass is 32.2. The lowest BCUT2D eigenvalue weighted by Gasteiger charge is -2.15. The van der Waals surface area contributed by atoms with Gasteiger partial charge in [0, 0.05) is 18.0 Å². The average Bonchev–Trinajstić information content (AvgIpc) is 3.06. The van der Waals surface area contributed by atoms with Crippen molar-refractivity contribution in [2.24, 2.45) is 0 Å². The lowest BCUT2D eigenvalue weighted by molar-refractivity contribution is -0.123. The van der Waals surface area contributed by atoms with Crippen molar-refractivity contribution in [1.82, 2.24) is 15.4 Å². The van der Waals surface area contributed by atoms with Crippen LogP contribution in [0.15, 0.2) is 84.0 Å². The third-order valence-corrected chi connectivity index (χ3v) is 5.66. The van der Waals surface area contributed by atoms with Gasteiger partial charge in [-0.3, -0.25) is 20.0 Å². The molecule has 4 rings (SSSR count). The van der Waals surface area contributed by atoms with Gasteiger partial charge in [-0.1, -0.05) is 54.2 Å². The third-order valence-electron chi connectivity index (χ3n) is 4.35. The summed E-state index contributed by atoms with van der Waals surface area (Å²) in [6.45, 7) is 0.452. The van der Waals surface area contributed by atoms with Crippen LogP contribution in [0.4, 0.5) is 0 Å². The van der Waals surface area contributed by atoms with Crippen molar-refractivity contribution in [2.75, 3.05) is 0 Å². The molecule has 0 spiro atoms. The Hall–Kier alpha value is -3.49. The number of amides is 2. The van der Waals surface area contributed by atoms with Crippen molar-refractivity contribution < 1.29 is 14.3 Å². The van der Waals surface area contributed by atoms with Gasteiger partial charge in [0.1, 0.15) is 12.4 Å². The van der Waals surface area contributed by atoms with E-state index in [0.29, 0.717) is 22.8 Å². The normalized spacial score (nSPS) is 14.7. The van der Waals surface area contributed by atoms with Gasteiger partial charge in [-0.2, -0.15) is 5.01 Å². The molecule has 8 heteroatoms. The summed E-state index contributed by atoms with van der Waals surface area (Å²) in [5, 5.41) is 1.09. The minimum atomic E-state index is -0.434. The second kappa shape index (κ2) is 9.55. The molecular weight excluding hydrogens is 430 g/mol. The van der Waals surface area contributed by atoms with E-state index in [2.05, 4.69) is 10.4 Å². The number of hydrogen-bond acceptors (Lipinski definition) is 6. The molecule has 31 heavy (non-hydrogen) atoms. The Morgan fingerprint density at radius 1 is 1.10 bits per heavy atom. The van der Waals surface area contributed by atoms with Gasteiger partial charge in [-0.05, 0) is 53.7 Å². The predicted octanol–water partition coefficient (Wildman–Crippen LogP) is 4.21. The monoisotopic (exact) mass is 447 g/mol. The molecule has 6 nitrogen and oxygen atoms in total. The lowest BCUT2D eigenvalue weighted by Crippen LogP contribution is -2.44. The molecule has 0 radical (unpaired) electrons. The van der Waals surface area contributed by atoms with Crippen LogP contribution < -0.4 is 10.2 Å². The molecule has 2 heterocycles. The van der Waals surface area contributed by atoms with E-state index >= 15 is 0 Å². The quantitative estimate of drug-likeness (QED) is 0.451. The fourth-order valence-corrected chi connectivity index (χ4v) is 4.00. The number of aromatic nitrogens is 1. The highest BCUT2D eigenvalue weighted by molar-refractivity contribution is 8.26.